The first-order chi connectivity index (χ1) is 15.0. The van der Waals surface area contributed by atoms with Crippen molar-refractivity contribution in [3.63, 3.8) is 0 Å². The highest BCUT2D eigenvalue weighted by atomic mass is 16.4. The Labute approximate surface area is 178 Å². The van der Waals surface area contributed by atoms with Crippen molar-refractivity contribution in [1.82, 2.24) is 9.97 Å². The van der Waals surface area contributed by atoms with Crippen LogP contribution in [-0.2, 0) is 9.59 Å². The number of carboxylic acids is 1. The molecule has 1 fully saturated rings. The number of carboxylic acid groups (broad SMARTS) is 1. The van der Waals surface area contributed by atoms with E-state index >= 15 is 0 Å². The number of aromatic amines is 1. The van der Waals surface area contributed by atoms with Crippen LogP contribution >= 0.6 is 0 Å². The summed E-state index contributed by atoms with van der Waals surface area (Å²) < 4.78 is 0. The minimum Gasteiger partial charge on any atom is -0.480 e. The second kappa shape index (κ2) is 7.43. The summed E-state index contributed by atoms with van der Waals surface area (Å²) in [6.45, 7) is 0. The number of benzene rings is 1. The van der Waals surface area contributed by atoms with Crippen LogP contribution < -0.4 is 10.6 Å². The van der Waals surface area contributed by atoms with Crippen molar-refractivity contribution in [2.75, 3.05) is 10.6 Å². The van der Waals surface area contributed by atoms with Gasteiger partial charge in [0.15, 0.2) is 0 Å². The van der Waals surface area contributed by atoms with E-state index in [4.69, 9.17) is 0 Å². The molecule has 0 bridgehead atoms. The van der Waals surface area contributed by atoms with Gasteiger partial charge < -0.3 is 20.7 Å². The van der Waals surface area contributed by atoms with Gasteiger partial charge in [-0.1, -0.05) is 18.2 Å². The lowest BCUT2D eigenvalue weighted by atomic mass is 10.0. The summed E-state index contributed by atoms with van der Waals surface area (Å²) in [7, 11) is 0. The number of pyridine rings is 1. The third kappa shape index (κ3) is 3.59. The van der Waals surface area contributed by atoms with Crippen LogP contribution in [0.15, 0.2) is 60.8 Å². The van der Waals surface area contributed by atoms with Crippen LogP contribution in [0.2, 0.25) is 0 Å². The maximum atomic E-state index is 12.3. The molecule has 4 N–H and O–H groups in total. The van der Waals surface area contributed by atoms with E-state index in [1.165, 1.54) is 5.57 Å². The molecule has 0 spiro atoms. The summed E-state index contributed by atoms with van der Waals surface area (Å²) in [5.74, 6) is -1.52. The zero-order chi connectivity index (χ0) is 21.4. The Morgan fingerprint density at radius 3 is 2.52 bits per heavy atom. The number of H-pyrrole nitrogens is 1. The van der Waals surface area contributed by atoms with E-state index in [1.807, 2.05) is 18.2 Å². The zero-order valence-corrected chi connectivity index (χ0v) is 16.8. The Hall–Kier alpha value is -3.87. The first-order valence-corrected chi connectivity index (χ1v) is 10.3. The first-order valence-electron chi connectivity index (χ1n) is 10.3. The fraction of sp³-hybridized carbons (Fsp3) is 0.208. The molecule has 31 heavy (non-hydrogen) atoms. The van der Waals surface area contributed by atoms with Crippen molar-refractivity contribution in [3.8, 4) is 0 Å². The highest BCUT2D eigenvalue weighted by molar-refractivity contribution is 6.10. The van der Waals surface area contributed by atoms with Crippen molar-refractivity contribution in [3.05, 3.63) is 66.5 Å². The summed E-state index contributed by atoms with van der Waals surface area (Å²) >= 11 is 0. The number of amides is 1. The normalized spacial score (nSPS) is 16.6. The maximum absolute atomic E-state index is 12.3. The molecule has 0 saturated heterocycles. The Kier molecular flexibility index (Phi) is 4.58. The van der Waals surface area contributed by atoms with Gasteiger partial charge in [0.05, 0.1) is 5.69 Å². The van der Waals surface area contributed by atoms with Crippen LogP contribution in [-0.4, -0.2) is 27.0 Å². The molecule has 7 heteroatoms. The summed E-state index contributed by atoms with van der Waals surface area (Å²) in [6.07, 6.45) is 11.2. The lowest BCUT2D eigenvalue weighted by molar-refractivity contribution is -0.147. The molecule has 1 aromatic carbocycles. The fourth-order valence-electron chi connectivity index (χ4n) is 3.81. The van der Waals surface area contributed by atoms with E-state index in [2.05, 4.69) is 44.9 Å². The standard InChI is InChI=1S/C24H22N4O3/c29-22(24(11-12-24)23(30)31)27-17-8-6-16(7-9-17)26-19-10-13-25-21-18(19)14-20(28-21)15-4-2-1-3-5-15/h2,4-10,13-14H,1,3,11-12H2,(H,27,29)(H,30,31)(H2,25,26,28). The molecule has 5 rings (SSSR count). The van der Waals surface area contributed by atoms with Gasteiger partial charge in [0, 0.05) is 28.7 Å². The summed E-state index contributed by atoms with van der Waals surface area (Å²) in [5, 5.41) is 16.4. The van der Waals surface area contributed by atoms with Crippen molar-refractivity contribution in [2.45, 2.75) is 25.7 Å². The molecule has 0 aliphatic heterocycles. The van der Waals surface area contributed by atoms with Gasteiger partial charge in [-0.15, -0.1) is 0 Å². The molecule has 0 atom stereocenters. The lowest BCUT2D eigenvalue weighted by Crippen LogP contribution is -2.31. The molecule has 0 unspecified atom stereocenters. The molecule has 0 radical (unpaired) electrons. The molecule has 2 aromatic heterocycles. The van der Waals surface area contributed by atoms with Gasteiger partial charge in [-0.3, -0.25) is 9.59 Å². The van der Waals surface area contributed by atoms with Crippen molar-refractivity contribution in [2.24, 2.45) is 5.41 Å². The third-order valence-electron chi connectivity index (χ3n) is 5.85. The van der Waals surface area contributed by atoms with Crippen molar-refractivity contribution >= 4 is 45.5 Å². The minimum atomic E-state index is -1.26. The highest BCUT2D eigenvalue weighted by Crippen LogP contribution is 2.46. The Morgan fingerprint density at radius 1 is 1.06 bits per heavy atom. The SMILES string of the molecule is O=C(O)C1(C(=O)Nc2ccc(Nc3ccnc4[nH]c(C5=CCCC=C5)cc34)cc2)CC1. The topological polar surface area (TPSA) is 107 Å². The number of rotatable bonds is 6. The summed E-state index contributed by atoms with van der Waals surface area (Å²) in [5.41, 5.74) is 4.12. The van der Waals surface area contributed by atoms with Crippen LogP contribution in [0.4, 0.5) is 17.1 Å². The maximum Gasteiger partial charge on any atom is 0.319 e. The van der Waals surface area contributed by atoms with E-state index in [-0.39, 0.29) is 0 Å². The average molecular weight is 414 g/mol. The van der Waals surface area contributed by atoms with E-state index in [9.17, 15) is 14.7 Å². The number of allylic oxidation sites excluding steroid dienone is 4. The first kappa shape index (κ1) is 19.1. The number of carbonyl (C=O) groups is 2. The van der Waals surface area contributed by atoms with E-state index in [1.54, 1.807) is 18.3 Å². The van der Waals surface area contributed by atoms with Gasteiger partial charge in [-0.2, -0.15) is 0 Å². The fourth-order valence-corrected chi connectivity index (χ4v) is 3.81. The number of aliphatic carboxylic acids is 1. The molecule has 2 aliphatic rings. The van der Waals surface area contributed by atoms with Crippen LogP contribution in [0.1, 0.15) is 31.4 Å². The second-order valence-electron chi connectivity index (χ2n) is 7.99. The quantitative estimate of drug-likeness (QED) is 0.432. The van der Waals surface area contributed by atoms with Crippen LogP contribution in [0.3, 0.4) is 0 Å². The van der Waals surface area contributed by atoms with Gasteiger partial charge in [0.1, 0.15) is 11.1 Å². The van der Waals surface area contributed by atoms with Gasteiger partial charge in [-0.05, 0) is 67.7 Å². The smallest absolute Gasteiger partial charge is 0.319 e. The number of aromatic nitrogens is 2. The van der Waals surface area contributed by atoms with Gasteiger partial charge in [0.25, 0.3) is 0 Å². The van der Waals surface area contributed by atoms with Crippen LogP contribution in [0.5, 0.6) is 0 Å². The molecule has 1 amide bonds. The predicted molar refractivity (Wildman–Crippen MR) is 120 cm³/mol. The van der Waals surface area contributed by atoms with Crippen LogP contribution in [0.25, 0.3) is 16.6 Å². The Balaban J connectivity index is 1.33. The number of hydrogen-bond donors (Lipinski definition) is 4. The summed E-state index contributed by atoms with van der Waals surface area (Å²) in [6, 6.07) is 11.2. The highest BCUT2D eigenvalue weighted by Gasteiger charge is 2.57. The zero-order valence-electron chi connectivity index (χ0n) is 16.8. The number of fused-ring (bicyclic) bond motifs is 1. The molecule has 2 aliphatic carbocycles. The number of hydrogen-bond acceptors (Lipinski definition) is 4. The molecular weight excluding hydrogens is 392 g/mol. The lowest BCUT2D eigenvalue weighted by Gasteiger charge is -2.12. The number of nitrogens with one attached hydrogen (secondary N) is 3. The molecule has 2 heterocycles. The number of anilines is 3. The van der Waals surface area contributed by atoms with Crippen molar-refractivity contribution in [1.29, 1.82) is 0 Å². The van der Waals surface area contributed by atoms with Gasteiger partial charge in [-0.25, -0.2) is 4.98 Å². The van der Waals surface area contributed by atoms with Gasteiger partial charge in [0.2, 0.25) is 5.91 Å². The molecular formula is C24H22N4O3. The monoisotopic (exact) mass is 414 g/mol. The second-order valence-corrected chi connectivity index (χ2v) is 7.99. The van der Waals surface area contributed by atoms with Gasteiger partial charge >= 0.3 is 5.97 Å². The van der Waals surface area contributed by atoms with E-state index < -0.39 is 17.3 Å². The largest absolute Gasteiger partial charge is 0.480 e. The third-order valence-corrected chi connectivity index (χ3v) is 5.85. The number of nitrogens with zero attached hydrogens (tertiary/aromatic N) is 1. The van der Waals surface area contributed by atoms with Crippen molar-refractivity contribution < 1.29 is 14.7 Å². The summed E-state index contributed by atoms with van der Waals surface area (Å²) in [4.78, 5) is 31.4. The average Bonchev–Trinajstić information content (AvgIpc) is 3.49. The molecule has 7 nitrogen and oxygen atoms in total. The number of carbonyl (C=O) groups excluding carboxylic acids is 1. The minimum absolute atomic E-state index is 0.386. The predicted octanol–water partition coefficient (Wildman–Crippen LogP) is 4.84. The van der Waals surface area contributed by atoms with E-state index in [0.29, 0.717) is 18.5 Å². The molecule has 156 valence electrons. The Bertz CT molecular complexity index is 1230. The van der Waals surface area contributed by atoms with Crippen LogP contribution in [0, 0.1) is 5.41 Å². The van der Waals surface area contributed by atoms with E-state index in [0.717, 1.165) is 40.9 Å². The molecule has 1 saturated carbocycles. The Morgan fingerprint density at radius 2 is 1.84 bits per heavy atom. The molecule has 3 aromatic rings.